The summed E-state index contributed by atoms with van der Waals surface area (Å²) in [7, 11) is 1.71. The minimum atomic E-state index is -3.14. The molecule has 1 unspecified atom stereocenters. The molecule has 0 rings (SSSR count). The number of hydrogen-bond donors (Lipinski definition) is 1. The van der Waals surface area contributed by atoms with Crippen molar-refractivity contribution in [3.05, 3.63) is 0 Å². The van der Waals surface area contributed by atoms with E-state index in [4.69, 9.17) is 4.13 Å². The molecule has 0 aromatic heterocycles. The average Bonchev–Trinajstić information content (AvgIpc) is 1.38. The first-order valence-corrected chi connectivity index (χ1v) is 3.99. The van der Waals surface area contributed by atoms with Gasteiger partial charge in [0.05, 0.1) is 0 Å². The number of hydrogen-bond acceptors (Lipinski definition) is 2. The molecule has 1 N–H and O–H groups in total. The molecular weight excluding hydrogens is 152 g/mol. The van der Waals surface area contributed by atoms with Gasteiger partial charge >= 0.3 is 35.9 Å². The Morgan fingerprint density at radius 1 is 2.00 bits per heavy atom. The van der Waals surface area contributed by atoms with Gasteiger partial charge in [0.2, 0.25) is 0 Å². The van der Waals surface area contributed by atoms with E-state index < -0.39 is 15.0 Å². The Balaban J connectivity index is 2.85. The molecule has 30 valence electrons. The monoisotopic (exact) mass is 156 g/mol. The summed E-state index contributed by atoms with van der Waals surface area (Å²) >= 11 is -3.14. The van der Waals surface area contributed by atoms with Gasteiger partial charge in [-0.25, -0.2) is 0 Å². The van der Waals surface area contributed by atoms with Crippen LogP contribution >= 0.6 is 9.47 Å². The van der Waals surface area contributed by atoms with Crippen molar-refractivity contribution < 1.29 is 11.5 Å². The molecule has 0 aromatic rings. The Labute approximate surface area is 36.6 Å². The van der Waals surface area contributed by atoms with Crippen LogP contribution in [0.25, 0.3) is 0 Å². The maximum atomic E-state index is 9.38. The summed E-state index contributed by atoms with van der Waals surface area (Å²) in [5.41, 5.74) is 0. The van der Waals surface area contributed by atoms with Crippen LogP contribution in [0.1, 0.15) is 0 Å². The first kappa shape index (κ1) is 5.37. The van der Waals surface area contributed by atoms with Crippen LogP contribution in [-0.2, 0) is 7.33 Å². The Morgan fingerprint density at radius 2 is 2.20 bits per heavy atom. The average molecular weight is 155 g/mol. The third-order valence-corrected chi connectivity index (χ3v) is 1.57. The van der Waals surface area contributed by atoms with Crippen LogP contribution in [0.2, 0.25) is 0 Å². The third-order valence-electron chi connectivity index (χ3n) is 0.101. The summed E-state index contributed by atoms with van der Waals surface area (Å²) in [5.74, 6) is 0. The summed E-state index contributed by atoms with van der Waals surface area (Å²) in [6.07, 6.45) is 0. The van der Waals surface area contributed by atoms with Crippen LogP contribution in [-0.4, -0.2) is 19.1 Å². The minimum absolute atomic E-state index is 1.71. The fourth-order valence-electron chi connectivity index (χ4n) is 0. The summed E-state index contributed by atoms with van der Waals surface area (Å²) in [6, 6.07) is 0. The van der Waals surface area contributed by atoms with Crippen LogP contribution in [0, 0.1) is 0 Å². The molecule has 0 saturated carbocycles. The molecule has 5 heteroatoms. The van der Waals surface area contributed by atoms with Crippen LogP contribution < -0.4 is 0 Å². The van der Waals surface area contributed by atoms with Crippen molar-refractivity contribution in [3.8, 4) is 0 Å². The van der Waals surface area contributed by atoms with Gasteiger partial charge in [-0.2, -0.15) is 0 Å². The molecule has 0 aromatic carbocycles. The molecule has 0 amide bonds. The van der Waals surface area contributed by atoms with Gasteiger partial charge in [0.25, 0.3) is 0 Å². The summed E-state index contributed by atoms with van der Waals surface area (Å²) in [4.78, 5) is 0. The zero-order valence-corrected chi connectivity index (χ0v) is 5.59. The fourth-order valence-corrected chi connectivity index (χ4v) is 0. The maximum absolute atomic E-state index is 9.38. The Bertz CT molecular complexity index is 42.2. The summed E-state index contributed by atoms with van der Waals surface area (Å²) in [6.45, 7) is 0. The quantitative estimate of drug-likeness (QED) is 0.398. The second-order valence-corrected chi connectivity index (χ2v) is 3.22. The molecular formula is H3GeO3P. The molecule has 3 nitrogen and oxygen atoms in total. The summed E-state index contributed by atoms with van der Waals surface area (Å²) < 4.78 is 20.9. The van der Waals surface area contributed by atoms with E-state index in [1.54, 1.807) is 9.47 Å². The Kier molecular flexibility index (Phi) is 2.80. The van der Waals surface area contributed by atoms with Gasteiger partial charge in [-0.15, -0.1) is 0 Å². The second kappa shape index (κ2) is 2.60. The molecule has 0 heterocycles. The Hall–Kier alpha value is 0.373. The first-order valence-electron chi connectivity index (χ1n) is 0.868. The third kappa shape index (κ3) is 4.37. The zero-order chi connectivity index (χ0) is 4.28. The topological polar surface area (TPSA) is 46.5 Å². The molecule has 0 fully saturated rings. The van der Waals surface area contributed by atoms with Crippen molar-refractivity contribution in [1.29, 1.82) is 0 Å². The predicted octanol–water partition coefficient (Wildman–Crippen LogP) is -0.799. The van der Waals surface area contributed by atoms with E-state index >= 15 is 0 Å². The molecule has 0 spiro atoms. The molecule has 0 aliphatic carbocycles. The van der Waals surface area contributed by atoms with E-state index in [1.807, 2.05) is 0 Å². The molecule has 0 radical (unpaired) electrons. The molecule has 1 atom stereocenters. The van der Waals surface area contributed by atoms with Crippen molar-refractivity contribution >= 4 is 24.4 Å². The van der Waals surface area contributed by atoms with Gasteiger partial charge in [0, 0.05) is 0 Å². The number of rotatable bonds is 1. The van der Waals surface area contributed by atoms with Crippen LogP contribution in [0.4, 0.5) is 0 Å². The van der Waals surface area contributed by atoms with Crippen molar-refractivity contribution in [2.24, 2.45) is 0 Å². The van der Waals surface area contributed by atoms with E-state index in [1.165, 1.54) is 0 Å². The van der Waals surface area contributed by atoms with E-state index in [9.17, 15) is 3.78 Å². The first-order chi connectivity index (χ1) is 2.27. The van der Waals surface area contributed by atoms with Gasteiger partial charge < -0.3 is 0 Å². The van der Waals surface area contributed by atoms with E-state index in [0.29, 0.717) is 0 Å². The zero-order valence-electron chi connectivity index (χ0n) is 2.34. The van der Waals surface area contributed by atoms with Gasteiger partial charge in [0.15, 0.2) is 0 Å². The summed E-state index contributed by atoms with van der Waals surface area (Å²) in [5, 5.41) is 0. The predicted molar refractivity (Wildman–Crippen MR) is 19.5 cm³/mol. The van der Waals surface area contributed by atoms with Crippen LogP contribution in [0.5, 0.6) is 0 Å². The Morgan fingerprint density at radius 3 is 2.20 bits per heavy atom. The fraction of sp³-hybridized carbons (Fsp3) is 0. The normalized spacial score (nSPS) is 6.60. The van der Waals surface area contributed by atoms with Crippen molar-refractivity contribution in [1.82, 2.24) is 0 Å². The molecule has 0 saturated heterocycles. The molecule has 5 heavy (non-hydrogen) atoms. The van der Waals surface area contributed by atoms with Gasteiger partial charge in [0.1, 0.15) is 0 Å². The van der Waals surface area contributed by atoms with Gasteiger partial charge in [-0.3, -0.25) is 0 Å². The van der Waals surface area contributed by atoms with E-state index in [2.05, 4.69) is 3.55 Å². The molecule has 0 aliphatic heterocycles. The second-order valence-electron chi connectivity index (χ2n) is 0.384. The van der Waals surface area contributed by atoms with Gasteiger partial charge in [-0.1, -0.05) is 0 Å². The van der Waals surface area contributed by atoms with Crippen LogP contribution in [0.3, 0.4) is 0 Å². The van der Waals surface area contributed by atoms with Crippen molar-refractivity contribution in [3.63, 3.8) is 0 Å². The van der Waals surface area contributed by atoms with E-state index in [0.717, 1.165) is 0 Å². The van der Waals surface area contributed by atoms with Crippen molar-refractivity contribution in [2.45, 2.75) is 0 Å². The molecule has 0 aliphatic rings. The van der Waals surface area contributed by atoms with Crippen molar-refractivity contribution in [2.75, 3.05) is 0 Å². The van der Waals surface area contributed by atoms with E-state index in [-0.39, 0.29) is 0 Å². The standard InChI is InChI=1S/GeH3O3P/c2-1(3)4-5/h2H,5H2. The molecule has 0 bridgehead atoms. The van der Waals surface area contributed by atoms with Gasteiger partial charge in [-0.05, 0) is 0 Å². The SMILES string of the molecule is [O]=[Ge]([OH])[O]P. The van der Waals surface area contributed by atoms with Crippen LogP contribution in [0.15, 0.2) is 0 Å².